The standard InChI is InChI=1S/C19H16ClN3O2/c1-22(13-14-7-9-15(20)10-8-14)19(25)17-11-12-18(24)23(21-17)16-5-3-2-4-6-16/h2-12H,13H2,1H3. The van der Waals surface area contributed by atoms with E-state index in [-0.39, 0.29) is 17.2 Å². The van der Waals surface area contributed by atoms with Gasteiger partial charge in [0.2, 0.25) is 0 Å². The highest BCUT2D eigenvalue weighted by Gasteiger charge is 2.15. The quantitative estimate of drug-likeness (QED) is 0.724. The lowest BCUT2D eigenvalue weighted by molar-refractivity contribution is 0.0777. The molecule has 3 rings (SSSR count). The molecule has 0 saturated heterocycles. The summed E-state index contributed by atoms with van der Waals surface area (Å²) >= 11 is 5.87. The van der Waals surface area contributed by atoms with Crippen LogP contribution in [0.3, 0.4) is 0 Å². The first kappa shape index (κ1) is 16.9. The summed E-state index contributed by atoms with van der Waals surface area (Å²) in [6, 6.07) is 19.1. The Labute approximate surface area is 150 Å². The van der Waals surface area contributed by atoms with Crippen molar-refractivity contribution in [2.75, 3.05) is 7.05 Å². The summed E-state index contributed by atoms with van der Waals surface area (Å²) in [6.07, 6.45) is 0. The van der Waals surface area contributed by atoms with E-state index in [9.17, 15) is 9.59 Å². The third-order valence-electron chi connectivity index (χ3n) is 3.70. The molecule has 3 aromatic rings. The van der Waals surface area contributed by atoms with E-state index in [2.05, 4.69) is 5.10 Å². The molecular formula is C19H16ClN3O2. The van der Waals surface area contributed by atoms with Crippen molar-refractivity contribution in [3.05, 3.63) is 93.4 Å². The van der Waals surface area contributed by atoms with E-state index in [0.717, 1.165) is 5.56 Å². The Morgan fingerprint density at radius 3 is 2.40 bits per heavy atom. The molecule has 6 heteroatoms. The number of rotatable bonds is 4. The molecule has 0 atom stereocenters. The van der Waals surface area contributed by atoms with Crippen LogP contribution in [0.5, 0.6) is 0 Å². The van der Waals surface area contributed by atoms with Crippen molar-refractivity contribution in [2.24, 2.45) is 0 Å². The molecule has 1 aromatic heterocycles. The molecular weight excluding hydrogens is 338 g/mol. The number of carbonyl (C=O) groups is 1. The maximum Gasteiger partial charge on any atom is 0.274 e. The molecule has 0 aliphatic heterocycles. The summed E-state index contributed by atoms with van der Waals surface area (Å²) in [5.41, 5.74) is 1.49. The molecule has 0 bridgehead atoms. The molecule has 0 spiro atoms. The van der Waals surface area contributed by atoms with Gasteiger partial charge in [-0.2, -0.15) is 9.78 Å². The number of hydrogen-bond acceptors (Lipinski definition) is 3. The average Bonchev–Trinajstić information content (AvgIpc) is 2.64. The SMILES string of the molecule is CN(Cc1ccc(Cl)cc1)C(=O)c1ccc(=O)n(-c2ccccc2)n1. The summed E-state index contributed by atoms with van der Waals surface area (Å²) in [5.74, 6) is -0.264. The van der Waals surface area contributed by atoms with Gasteiger partial charge in [0.05, 0.1) is 5.69 Å². The average molecular weight is 354 g/mol. The molecule has 0 radical (unpaired) electrons. The smallest absolute Gasteiger partial charge is 0.274 e. The Morgan fingerprint density at radius 1 is 1.04 bits per heavy atom. The third-order valence-corrected chi connectivity index (χ3v) is 3.95. The van der Waals surface area contributed by atoms with Gasteiger partial charge in [-0.3, -0.25) is 9.59 Å². The zero-order valence-corrected chi connectivity index (χ0v) is 14.3. The van der Waals surface area contributed by atoms with Crippen molar-refractivity contribution < 1.29 is 4.79 Å². The normalized spacial score (nSPS) is 10.5. The number of amides is 1. The first-order valence-corrected chi connectivity index (χ1v) is 8.08. The Balaban J connectivity index is 1.84. The Morgan fingerprint density at radius 2 is 1.72 bits per heavy atom. The number of para-hydroxylation sites is 1. The summed E-state index contributed by atoms with van der Waals surface area (Å²) in [5, 5.41) is 4.86. The van der Waals surface area contributed by atoms with E-state index < -0.39 is 0 Å². The van der Waals surface area contributed by atoms with Crippen molar-refractivity contribution in [1.29, 1.82) is 0 Å². The van der Waals surface area contributed by atoms with Gasteiger partial charge in [-0.1, -0.05) is 41.9 Å². The summed E-state index contributed by atoms with van der Waals surface area (Å²) in [7, 11) is 1.69. The van der Waals surface area contributed by atoms with E-state index in [4.69, 9.17) is 11.6 Å². The number of benzene rings is 2. The highest BCUT2D eigenvalue weighted by molar-refractivity contribution is 6.30. The molecule has 2 aromatic carbocycles. The molecule has 126 valence electrons. The maximum absolute atomic E-state index is 12.6. The number of hydrogen-bond donors (Lipinski definition) is 0. The molecule has 0 saturated carbocycles. The zero-order valence-electron chi connectivity index (χ0n) is 13.6. The number of nitrogens with zero attached hydrogens (tertiary/aromatic N) is 3. The van der Waals surface area contributed by atoms with E-state index in [0.29, 0.717) is 17.3 Å². The lowest BCUT2D eigenvalue weighted by atomic mass is 10.2. The van der Waals surface area contributed by atoms with Gasteiger partial charge in [-0.05, 0) is 35.9 Å². The number of carbonyl (C=O) groups excluding carboxylic acids is 1. The summed E-state index contributed by atoms with van der Waals surface area (Å²) < 4.78 is 1.23. The van der Waals surface area contributed by atoms with E-state index >= 15 is 0 Å². The number of halogens is 1. The Kier molecular flexibility index (Phi) is 4.95. The molecule has 5 nitrogen and oxygen atoms in total. The second kappa shape index (κ2) is 7.32. The van der Waals surface area contributed by atoms with Gasteiger partial charge in [0, 0.05) is 24.7 Å². The highest BCUT2D eigenvalue weighted by Crippen LogP contribution is 2.12. The van der Waals surface area contributed by atoms with Gasteiger partial charge in [0.1, 0.15) is 5.69 Å². The molecule has 0 aliphatic carbocycles. The largest absolute Gasteiger partial charge is 0.336 e. The molecule has 0 aliphatic rings. The minimum atomic E-state index is -0.289. The van der Waals surface area contributed by atoms with Crippen LogP contribution in [0.4, 0.5) is 0 Å². The first-order valence-electron chi connectivity index (χ1n) is 7.70. The Bertz CT molecular complexity index is 937. The fourth-order valence-electron chi connectivity index (χ4n) is 2.41. The van der Waals surface area contributed by atoms with Crippen LogP contribution in [0.1, 0.15) is 16.1 Å². The molecule has 25 heavy (non-hydrogen) atoms. The van der Waals surface area contributed by atoms with Crippen LogP contribution < -0.4 is 5.56 Å². The van der Waals surface area contributed by atoms with Crippen LogP contribution in [0.15, 0.2) is 71.5 Å². The van der Waals surface area contributed by atoms with Crippen molar-refractivity contribution in [2.45, 2.75) is 6.54 Å². The van der Waals surface area contributed by atoms with Crippen molar-refractivity contribution in [3.8, 4) is 5.69 Å². The second-order valence-corrected chi connectivity index (χ2v) is 6.03. The topological polar surface area (TPSA) is 55.2 Å². The summed E-state index contributed by atoms with van der Waals surface area (Å²) in [4.78, 5) is 26.2. The van der Waals surface area contributed by atoms with Crippen LogP contribution in [-0.2, 0) is 6.54 Å². The van der Waals surface area contributed by atoms with Gasteiger partial charge in [-0.15, -0.1) is 0 Å². The van der Waals surface area contributed by atoms with Crippen molar-refractivity contribution in [3.63, 3.8) is 0 Å². The fourth-order valence-corrected chi connectivity index (χ4v) is 2.54. The van der Waals surface area contributed by atoms with Crippen LogP contribution in [-0.4, -0.2) is 27.6 Å². The predicted molar refractivity (Wildman–Crippen MR) is 97.1 cm³/mol. The van der Waals surface area contributed by atoms with Crippen LogP contribution in [0, 0.1) is 0 Å². The van der Waals surface area contributed by atoms with Crippen LogP contribution in [0.25, 0.3) is 5.69 Å². The minimum absolute atomic E-state index is 0.208. The Hall–Kier alpha value is -2.92. The number of aromatic nitrogens is 2. The van der Waals surface area contributed by atoms with E-state index in [1.165, 1.54) is 16.8 Å². The fraction of sp³-hybridized carbons (Fsp3) is 0.105. The highest BCUT2D eigenvalue weighted by atomic mass is 35.5. The van der Waals surface area contributed by atoms with Crippen LogP contribution in [0.2, 0.25) is 5.02 Å². The van der Waals surface area contributed by atoms with Gasteiger partial charge in [0.15, 0.2) is 0 Å². The summed E-state index contributed by atoms with van der Waals surface area (Å²) in [6.45, 7) is 0.419. The first-order chi connectivity index (χ1) is 12.0. The lowest BCUT2D eigenvalue weighted by Crippen LogP contribution is -2.30. The zero-order chi connectivity index (χ0) is 17.8. The molecule has 0 unspecified atom stereocenters. The monoisotopic (exact) mass is 353 g/mol. The second-order valence-electron chi connectivity index (χ2n) is 5.59. The van der Waals surface area contributed by atoms with Gasteiger partial charge in [0.25, 0.3) is 11.5 Å². The maximum atomic E-state index is 12.6. The molecule has 0 N–H and O–H groups in total. The molecule has 0 fully saturated rings. The van der Waals surface area contributed by atoms with E-state index in [1.54, 1.807) is 36.2 Å². The minimum Gasteiger partial charge on any atom is -0.336 e. The predicted octanol–water partition coefficient (Wildman–Crippen LogP) is 3.16. The molecule has 1 heterocycles. The van der Waals surface area contributed by atoms with Gasteiger partial charge >= 0.3 is 0 Å². The van der Waals surface area contributed by atoms with Crippen molar-refractivity contribution >= 4 is 17.5 Å². The third kappa shape index (κ3) is 3.95. The van der Waals surface area contributed by atoms with Gasteiger partial charge in [-0.25, -0.2) is 0 Å². The lowest BCUT2D eigenvalue weighted by Gasteiger charge is -2.17. The van der Waals surface area contributed by atoms with Crippen molar-refractivity contribution in [1.82, 2.24) is 14.7 Å². The van der Waals surface area contributed by atoms with Crippen LogP contribution >= 0.6 is 11.6 Å². The molecule has 1 amide bonds. The van der Waals surface area contributed by atoms with E-state index in [1.807, 2.05) is 30.3 Å². The van der Waals surface area contributed by atoms with Gasteiger partial charge < -0.3 is 4.90 Å².